The monoisotopic (exact) mass is 156 g/mol. The van der Waals surface area contributed by atoms with E-state index in [0.717, 1.165) is 0 Å². The zero-order valence-corrected chi connectivity index (χ0v) is 7.04. The SMILES string of the molecule is CCOC(C)C(C#N)CC[O]. The van der Waals surface area contributed by atoms with Crippen LogP contribution in [0.4, 0.5) is 0 Å². The molecule has 0 aromatic carbocycles. The molecule has 0 amide bonds. The van der Waals surface area contributed by atoms with E-state index in [1.807, 2.05) is 13.8 Å². The van der Waals surface area contributed by atoms with E-state index in [-0.39, 0.29) is 18.6 Å². The molecule has 0 aliphatic carbocycles. The molecule has 63 valence electrons. The van der Waals surface area contributed by atoms with Crippen LogP contribution in [0.1, 0.15) is 20.3 Å². The number of hydrogen-bond acceptors (Lipinski definition) is 2. The highest BCUT2D eigenvalue weighted by Crippen LogP contribution is 2.10. The van der Waals surface area contributed by atoms with Gasteiger partial charge in [-0.3, -0.25) is 0 Å². The Hall–Kier alpha value is -0.590. The molecule has 0 aromatic rings. The van der Waals surface area contributed by atoms with Crippen molar-refractivity contribution in [3.8, 4) is 6.07 Å². The third-order valence-electron chi connectivity index (χ3n) is 1.59. The minimum atomic E-state index is -0.243. The molecule has 1 radical (unpaired) electrons. The Balaban J connectivity index is 3.73. The van der Waals surface area contributed by atoms with Gasteiger partial charge in [-0.1, -0.05) is 0 Å². The first-order valence-electron chi connectivity index (χ1n) is 3.85. The lowest BCUT2D eigenvalue weighted by molar-refractivity contribution is 0.0374. The molecule has 0 aromatic heterocycles. The molecule has 0 saturated carbocycles. The fourth-order valence-electron chi connectivity index (χ4n) is 0.910. The van der Waals surface area contributed by atoms with Crippen molar-refractivity contribution in [1.82, 2.24) is 0 Å². The van der Waals surface area contributed by atoms with Crippen molar-refractivity contribution in [3.63, 3.8) is 0 Å². The molecule has 3 nitrogen and oxygen atoms in total. The van der Waals surface area contributed by atoms with E-state index in [1.54, 1.807) is 0 Å². The van der Waals surface area contributed by atoms with Crippen molar-refractivity contribution in [1.29, 1.82) is 5.26 Å². The summed E-state index contributed by atoms with van der Waals surface area (Å²) >= 11 is 0. The quantitative estimate of drug-likeness (QED) is 0.603. The van der Waals surface area contributed by atoms with Crippen LogP contribution in [0.5, 0.6) is 0 Å². The predicted octanol–water partition coefficient (Wildman–Crippen LogP) is 1.37. The van der Waals surface area contributed by atoms with Gasteiger partial charge in [-0.25, -0.2) is 5.11 Å². The van der Waals surface area contributed by atoms with Crippen LogP contribution in [-0.2, 0) is 9.84 Å². The van der Waals surface area contributed by atoms with Crippen molar-refractivity contribution >= 4 is 0 Å². The van der Waals surface area contributed by atoms with Gasteiger partial charge < -0.3 is 4.74 Å². The van der Waals surface area contributed by atoms with Crippen LogP contribution >= 0.6 is 0 Å². The van der Waals surface area contributed by atoms with Crippen LogP contribution in [0.3, 0.4) is 0 Å². The van der Waals surface area contributed by atoms with E-state index in [0.29, 0.717) is 13.0 Å². The maximum Gasteiger partial charge on any atom is 0.0835 e. The summed E-state index contributed by atoms with van der Waals surface area (Å²) in [6.07, 6.45) is 0.274. The minimum Gasteiger partial charge on any atom is -0.377 e. The summed E-state index contributed by atoms with van der Waals surface area (Å²) in [7, 11) is 0. The Labute approximate surface area is 67.6 Å². The summed E-state index contributed by atoms with van der Waals surface area (Å²) in [6.45, 7) is 4.10. The Morgan fingerprint density at radius 1 is 1.64 bits per heavy atom. The molecule has 0 aliphatic rings. The van der Waals surface area contributed by atoms with Gasteiger partial charge >= 0.3 is 0 Å². The van der Waals surface area contributed by atoms with Crippen molar-refractivity contribution < 1.29 is 9.84 Å². The molecule has 0 spiro atoms. The van der Waals surface area contributed by atoms with Crippen LogP contribution < -0.4 is 0 Å². The molecule has 2 atom stereocenters. The van der Waals surface area contributed by atoms with Crippen LogP contribution in [-0.4, -0.2) is 19.3 Å². The van der Waals surface area contributed by atoms with Gasteiger partial charge in [-0.15, -0.1) is 0 Å². The van der Waals surface area contributed by atoms with E-state index in [9.17, 15) is 5.11 Å². The van der Waals surface area contributed by atoms with Gasteiger partial charge in [-0.05, 0) is 20.3 Å². The summed E-state index contributed by atoms with van der Waals surface area (Å²) in [5, 5.41) is 18.8. The molecule has 0 bridgehead atoms. The summed E-state index contributed by atoms with van der Waals surface area (Å²) in [5.41, 5.74) is 0. The zero-order chi connectivity index (χ0) is 8.69. The summed E-state index contributed by atoms with van der Waals surface area (Å²) in [6, 6.07) is 2.06. The summed E-state index contributed by atoms with van der Waals surface area (Å²) < 4.78 is 5.19. The highest BCUT2D eigenvalue weighted by atomic mass is 16.5. The Kier molecular flexibility index (Phi) is 5.81. The fourth-order valence-corrected chi connectivity index (χ4v) is 0.910. The molecular formula is C8H14NO2. The Bertz CT molecular complexity index is 131. The lowest BCUT2D eigenvalue weighted by Gasteiger charge is -2.15. The Morgan fingerprint density at radius 2 is 2.27 bits per heavy atom. The molecule has 0 aliphatic heterocycles. The molecule has 0 saturated heterocycles. The second-order valence-corrected chi connectivity index (χ2v) is 2.39. The predicted molar refractivity (Wildman–Crippen MR) is 40.4 cm³/mol. The lowest BCUT2D eigenvalue weighted by atomic mass is 10.0. The molecule has 0 fully saturated rings. The molecule has 11 heavy (non-hydrogen) atoms. The van der Waals surface area contributed by atoms with Gasteiger partial charge in [0.05, 0.1) is 24.7 Å². The normalized spacial score (nSPS) is 15.5. The van der Waals surface area contributed by atoms with Crippen molar-refractivity contribution in [2.75, 3.05) is 13.2 Å². The van der Waals surface area contributed by atoms with E-state index in [2.05, 4.69) is 6.07 Å². The topological polar surface area (TPSA) is 52.9 Å². The third-order valence-corrected chi connectivity index (χ3v) is 1.59. The summed E-state index contributed by atoms with van der Waals surface area (Å²) in [4.78, 5) is 0. The van der Waals surface area contributed by atoms with Gasteiger partial charge in [-0.2, -0.15) is 5.26 Å². The minimum absolute atomic E-state index is 0.112. The van der Waals surface area contributed by atoms with Crippen molar-refractivity contribution in [3.05, 3.63) is 0 Å². The average Bonchev–Trinajstić information content (AvgIpc) is 2.00. The van der Waals surface area contributed by atoms with Gasteiger partial charge in [0, 0.05) is 6.61 Å². The highest BCUT2D eigenvalue weighted by molar-refractivity contribution is 4.86. The third kappa shape index (κ3) is 3.97. The molecule has 2 unspecified atom stereocenters. The smallest absolute Gasteiger partial charge is 0.0835 e. The summed E-state index contributed by atoms with van der Waals surface area (Å²) in [5.74, 6) is -0.243. The first-order chi connectivity index (χ1) is 5.26. The fraction of sp³-hybridized carbons (Fsp3) is 0.875. The second kappa shape index (κ2) is 6.14. The van der Waals surface area contributed by atoms with E-state index < -0.39 is 0 Å². The van der Waals surface area contributed by atoms with Crippen LogP contribution in [0.15, 0.2) is 0 Å². The van der Waals surface area contributed by atoms with Crippen molar-refractivity contribution in [2.45, 2.75) is 26.4 Å². The van der Waals surface area contributed by atoms with E-state index in [1.165, 1.54) is 0 Å². The lowest BCUT2D eigenvalue weighted by Crippen LogP contribution is -2.20. The van der Waals surface area contributed by atoms with Gasteiger partial charge in [0.1, 0.15) is 0 Å². The first-order valence-corrected chi connectivity index (χ1v) is 3.85. The molecule has 3 heteroatoms. The number of nitriles is 1. The largest absolute Gasteiger partial charge is 0.377 e. The van der Waals surface area contributed by atoms with Crippen LogP contribution in [0.2, 0.25) is 0 Å². The first kappa shape index (κ1) is 10.4. The number of hydrogen-bond donors (Lipinski definition) is 0. The number of nitrogens with zero attached hydrogens (tertiary/aromatic N) is 1. The molecular weight excluding hydrogens is 142 g/mol. The maximum atomic E-state index is 10.2. The van der Waals surface area contributed by atoms with Crippen molar-refractivity contribution in [2.24, 2.45) is 5.92 Å². The van der Waals surface area contributed by atoms with Gasteiger partial charge in [0.25, 0.3) is 0 Å². The molecule has 0 rings (SSSR count). The van der Waals surface area contributed by atoms with Crippen LogP contribution in [0, 0.1) is 17.2 Å². The molecule has 0 N–H and O–H groups in total. The Morgan fingerprint density at radius 3 is 2.64 bits per heavy atom. The van der Waals surface area contributed by atoms with Crippen LogP contribution in [0.25, 0.3) is 0 Å². The second-order valence-electron chi connectivity index (χ2n) is 2.39. The zero-order valence-electron chi connectivity index (χ0n) is 7.04. The van der Waals surface area contributed by atoms with Gasteiger partial charge in [0.2, 0.25) is 0 Å². The number of ether oxygens (including phenoxy) is 1. The van der Waals surface area contributed by atoms with Gasteiger partial charge in [0.15, 0.2) is 0 Å². The standard InChI is InChI=1S/C8H14NO2/c1-3-11-7(2)8(6-9)4-5-10/h7-8H,3-5H2,1-2H3. The highest BCUT2D eigenvalue weighted by Gasteiger charge is 2.15. The van der Waals surface area contributed by atoms with E-state index >= 15 is 0 Å². The average molecular weight is 156 g/mol. The van der Waals surface area contributed by atoms with E-state index in [4.69, 9.17) is 10.00 Å². The number of rotatable bonds is 5. The molecule has 0 heterocycles. The maximum absolute atomic E-state index is 10.2.